The lowest BCUT2D eigenvalue weighted by atomic mass is 10.2. The van der Waals surface area contributed by atoms with Crippen LogP contribution in [0.4, 0.5) is 5.69 Å². The highest BCUT2D eigenvalue weighted by molar-refractivity contribution is 5.82. The molecule has 1 aromatic heterocycles. The molecule has 1 heterocycles. The average Bonchev–Trinajstić information content (AvgIpc) is 2.70. The number of nitrogens with zero attached hydrogens (tertiary/aromatic N) is 3. The number of nitro groups is 1. The van der Waals surface area contributed by atoms with Crippen LogP contribution in [0, 0.1) is 10.1 Å². The van der Waals surface area contributed by atoms with Crippen LogP contribution in [-0.2, 0) is 11.3 Å². The smallest absolute Gasteiger partial charge is 0.328 e. The lowest BCUT2D eigenvalue weighted by molar-refractivity contribution is -0.384. The Labute approximate surface area is 107 Å². The van der Waals surface area contributed by atoms with Gasteiger partial charge in [-0.05, 0) is 18.6 Å². The van der Waals surface area contributed by atoms with E-state index in [1.165, 1.54) is 16.8 Å². The van der Waals surface area contributed by atoms with Gasteiger partial charge in [-0.25, -0.2) is 4.79 Å². The number of hydrogen-bond donors (Lipinski definition) is 1. The topological polar surface area (TPSA) is 98.3 Å². The van der Waals surface area contributed by atoms with Crippen LogP contribution < -0.4 is 0 Å². The van der Waals surface area contributed by atoms with E-state index >= 15 is 0 Å². The molecule has 19 heavy (non-hydrogen) atoms. The first-order valence-corrected chi connectivity index (χ1v) is 5.47. The third-order valence-electron chi connectivity index (χ3n) is 2.61. The molecule has 0 aliphatic heterocycles. The molecule has 0 unspecified atom stereocenters. The SMILES string of the molecule is CC(=CC(=O)O)Cn1ncc2ccc([N+](=O)[O-])cc21. The number of nitro benzene ring substituents is 1. The van der Waals surface area contributed by atoms with Crippen LogP contribution >= 0.6 is 0 Å². The minimum absolute atomic E-state index is 0.0193. The Morgan fingerprint density at radius 1 is 1.58 bits per heavy atom. The second kappa shape index (κ2) is 4.89. The van der Waals surface area contributed by atoms with Crippen molar-refractivity contribution in [3.63, 3.8) is 0 Å². The fourth-order valence-electron chi connectivity index (χ4n) is 1.79. The molecule has 0 aliphatic carbocycles. The second-order valence-corrected chi connectivity index (χ2v) is 4.13. The zero-order valence-electron chi connectivity index (χ0n) is 10.1. The Morgan fingerprint density at radius 3 is 2.95 bits per heavy atom. The summed E-state index contributed by atoms with van der Waals surface area (Å²) in [6.45, 7) is 1.94. The number of aromatic nitrogens is 2. The van der Waals surface area contributed by atoms with Crippen LogP contribution in [0.1, 0.15) is 6.92 Å². The van der Waals surface area contributed by atoms with E-state index in [0.29, 0.717) is 11.1 Å². The molecule has 1 N–H and O–H groups in total. The van der Waals surface area contributed by atoms with Crippen molar-refractivity contribution in [1.29, 1.82) is 0 Å². The van der Waals surface area contributed by atoms with Gasteiger partial charge < -0.3 is 5.11 Å². The minimum atomic E-state index is -1.03. The highest BCUT2D eigenvalue weighted by atomic mass is 16.6. The van der Waals surface area contributed by atoms with Gasteiger partial charge in [0.25, 0.3) is 5.69 Å². The van der Waals surface area contributed by atoms with Crippen LogP contribution in [0.15, 0.2) is 36.0 Å². The van der Waals surface area contributed by atoms with Gasteiger partial charge in [0.2, 0.25) is 0 Å². The van der Waals surface area contributed by atoms with Gasteiger partial charge in [-0.2, -0.15) is 5.10 Å². The molecule has 98 valence electrons. The van der Waals surface area contributed by atoms with E-state index in [4.69, 9.17) is 5.11 Å². The highest BCUT2D eigenvalue weighted by Gasteiger charge is 2.10. The Kier molecular flexibility index (Phi) is 3.28. The molecule has 0 amide bonds. The summed E-state index contributed by atoms with van der Waals surface area (Å²) in [5, 5.41) is 24.3. The van der Waals surface area contributed by atoms with Crippen molar-refractivity contribution in [3.8, 4) is 0 Å². The molecule has 0 aliphatic rings. The molecule has 0 radical (unpaired) electrons. The van der Waals surface area contributed by atoms with Crippen LogP contribution in [0.3, 0.4) is 0 Å². The van der Waals surface area contributed by atoms with Crippen molar-refractivity contribution in [2.75, 3.05) is 0 Å². The summed E-state index contributed by atoms with van der Waals surface area (Å²) in [5.74, 6) is -1.03. The quantitative estimate of drug-likeness (QED) is 0.515. The van der Waals surface area contributed by atoms with Gasteiger partial charge in [-0.1, -0.05) is 0 Å². The first kappa shape index (κ1) is 12.7. The van der Waals surface area contributed by atoms with E-state index in [0.717, 1.165) is 11.5 Å². The van der Waals surface area contributed by atoms with Gasteiger partial charge in [-0.15, -0.1) is 0 Å². The molecule has 2 aromatic rings. The third kappa shape index (κ3) is 2.76. The monoisotopic (exact) mass is 261 g/mol. The van der Waals surface area contributed by atoms with Crippen molar-refractivity contribution in [1.82, 2.24) is 9.78 Å². The van der Waals surface area contributed by atoms with Gasteiger partial charge in [-0.3, -0.25) is 14.8 Å². The number of allylic oxidation sites excluding steroid dienone is 1. The second-order valence-electron chi connectivity index (χ2n) is 4.13. The summed E-state index contributed by atoms with van der Waals surface area (Å²) in [6.07, 6.45) is 2.68. The zero-order chi connectivity index (χ0) is 14.0. The maximum atomic E-state index is 10.7. The maximum Gasteiger partial charge on any atom is 0.328 e. The number of aliphatic carboxylic acids is 1. The number of carbonyl (C=O) groups is 1. The highest BCUT2D eigenvalue weighted by Crippen LogP contribution is 2.21. The molecule has 7 heteroatoms. The molecule has 0 fully saturated rings. The maximum absolute atomic E-state index is 10.7. The van der Waals surface area contributed by atoms with Crippen molar-refractivity contribution in [3.05, 3.63) is 46.2 Å². The minimum Gasteiger partial charge on any atom is -0.478 e. The first-order chi connectivity index (χ1) is 8.97. The van der Waals surface area contributed by atoms with E-state index in [-0.39, 0.29) is 12.2 Å². The number of hydrogen-bond acceptors (Lipinski definition) is 4. The summed E-state index contributed by atoms with van der Waals surface area (Å²) in [4.78, 5) is 20.8. The molecule has 0 atom stereocenters. The largest absolute Gasteiger partial charge is 0.478 e. The number of non-ortho nitro benzene ring substituents is 1. The van der Waals surface area contributed by atoms with Crippen molar-refractivity contribution >= 4 is 22.6 Å². The van der Waals surface area contributed by atoms with Crippen LogP contribution in [0.2, 0.25) is 0 Å². The fourth-order valence-corrected chi connectivity index (χ4v) is 1.79. The molecule has 1 aromatic carbocycles. The van der Waals surface area contributed by atoms with Gasteiger partial charge >= 0.3 is 5.97 Å². The van der Waals surface area contributed by atoms with Gasteiger partial charge in [0.05, 0.1) is 23.2 Å². The van der Waals surface area contributed by atoms with E-state index in [2.05, 4.69) is 5.10 Å². The zero-order valence-corrected chi connectivity index (χ0v) is 10.1. The first-order valence-electron chi connectivity index (χ1n) is 5.47. The fraction of sp³-hybridized carbons (Fsp3) is 0.167. The summed E-state index contributed by atoms with van der Waals surface area (Å²) >= 11 is 0. The van der Waals surface area contributed by atoms with E-state index in [9.17, 15) is 14.9 Å². The lowest BCUT2D eigenvalue weighted by Crippen LogP contribution is -2.03. The lowest BCUT2D eigenvalue weighted by Gasteiger charge is -2.03. The summed E-state index contributed by atoms with van der Waals surface area (Å²) in [7, 11) is 0. The van der Waals surface area contributed by atoms with Crippen molar-refractivity contribution in [2.24, 2.45) is 0 Å². The third-order valence-corrected chi connectivity index (χ3v) is 2.61. The number of rotatable bonds is 4. The molecule has 0 saturated carbocycles. The summed E-state index contributed by atoms with van der Waals surface area (Å²) in [6, 6.07) is 4.46. The van der Waals surface area contributed by atoms with Gasteiger partial charge in [0.15, 0.2) is 0 Å². The normalized spacial score (nSPS) is 11.7. The molecule has 7 nitrogen and oxygen atoms in total. The Bertz CT molecular complexity index is 687. The van der Waals surface area contributed by atoms with Crippen molar-refractivity contribution in [2.45, 2.75) is 13.5 Å². The van der Waals surface area contributed by atoms with Crippen LogP contribution in [0.5, 0.6) is 0 Å². The van der Waals surface area contributed by atoms with E-state index in [1.54, 1.807) is 19.2 Å². The van der Waals surface area contributed by atoms with E-state index < -0.39 is 10.9 Å². The molecular formula is C12H11N3O4. The molecular weight excluding hydrogens is 250 g/mol. The number of benzene rings is 1. The molecule has 2 rings (SSSR count). The van der Waals surface area contributed by atoms with Crippen molar-refractivity contribution < 1.29 is 14.8 Å². The Morgan fingerprint density at radius 2 is 2.32 bits per heavy atom. The standard InChI is InChI=1S/C12H11N3O4/c1-8(4-12(16)17)7-14-11-5-10(15(18)19)3-2-9(11)6-13-14/h2-6H,7H2,1H3,(H,16,17). The predicted octanol–water partition coefficient (Wildman–Crippen LogP) is 1.98. The number of carboxylic acids is 1. The summed E-state index contributed by atoms with van der Waals surface area (Å²) in [5.41, 5.74) is 1.19. The summed E-state index contributed by atoms with van der Waals surface area (Å²) < 4.78 is 1.54. The molecule has 0 saturated heterocycles. The number of carboxylic acid groups (broad SMARTS) is 1. The van der Waals surface area contributed by atoms with E-state index in [1.807, 2.05) is 0 Å². The van der Waals surface area contributed by atoms with Gasteiger partial charge in [0, 0.05) is 23.6 Å². The predicted molar refractivity (Wildman–Crippen MR) is 67.8 cm³/mol. The number of fused-ring (bicyclic) bond motifs is 1. The molecule has 0 bridgehead atoms. The molecule has 0 spiro atoms. The van der Waals surface area contributed by atoms with Crippen LogP contribution in [0.25, 0.3) is 10.9 Å². The average molecular weight is 261 g/mol. The Balaban J connectivity index is 2.41. The Hall–Kier alpha value is -2.70. The van der Waals surface area contributed by atoms with Crippen LogP contribution in [-0.4, -0.2) is 25.8 Å². The van der Waals surface area contributed by atoms with Gasteiger partial charge in [0.1, 0.15) is 0 Å².